The van der Waals surface area contributed by atoms with Crippen molar-refractivity contribution in [3.8, 4) is 11.8 Å². The molecule has 6 nitrogen and oxygen atoms in total. The molecule has 144 valence electrons. The fraction of sp³-hybridized carbons (Fsp3) is 0.286. The van der Waals surface area contributed by atoms with Crippen molar-refractivity contribution in [3.63, 3.8) is 0 Å². The number of aromatic nitrogens is 2. The fourth-order valence-corrected chi connectivity index (χ4v) is 3.41. The van der Waals surface area contributed by atoms with Crippen LogP contribution in [0.2, 0.25) is 0 Å². The average Bonchev–Trinajstić information content (AvgIpc) is 3.16. The van der Waals surface area contributed by atoms with Crippen LogP contribution in [0.4, 0.5) is 4.39 Å². The second-order valence-electron chi connectivity index (χ2n) is 6.88. The van der Waals surface area contributed by atoms with Gasteiger partial charge in [-0.3, -0.25) is 4.79 Å². The molecule has 2 aromatic carbocycles. The van der Waals surface area contributed by atoms with Crippen LogP contribution < -0.4 is 4.74 Å². The summed E-state index contributed by atoms with van der Waals surface area (Å²) in [4.78, 5) is 19.0. The third-order valence-electron chi connectivity index (χ3n) is 4.86. The van der Waals surface area contributed by atoms with Crippen molar-refractivity contribution < 1.29 is 18.4 Å². The third kappa shape index (κ3) is 3.88. The minimum atomic E-state index is -0.404. The molecular weight excluding hydrogens is 361 g/mol. The highest BCUT2D eigenvalue weighted by Gasteiger charge is 2.29. The first kappa shape index (κ1) is 18.2. The highest BCUT2D eigenvalue weighted by Crippen LogP contribution is 2.29. The van der Waals surface area contributed by atoms with Crippen LogP contribution in [0.15, 0.2) is 53.1 Å². The largest absolute Gasteiger partial charge is 0.422 e. The Morgan fingerprint density at radius 1 is 1.25 bits per heavy atom. The molecule has 1 fully saturated rings. The normalized spacial score (nSPS) is 16.8. The molecule has 0 saturated carbocycles. The topological polar surface area (TPSA) is 68.5 Å². The predicted octanol–water partition coefficient (Wildman–Crippen LogP) is 4.33. The maximum Gasteiger partial charge on any atom is 0.359 e. The number of hydrogen-bond acceptors (Lipinski definition) is 5. The van der Waals surface area contributed by atoms with Crippen LogP contribution >= 0.6 is 0 Å². The van der Waals surface area contributed by atoms with Crippen LogP contribution in [0, 0.1) is 12.7 Å². The number of carbonyl (C=O) groups excluding carboxylic acids is 1. The molecule has 0 bridgehead atoms. The quantitative estimate of drug-likeness (QED) is 0.673. The Balaban J connectivity index is 1.46. The van der Waals surface area contributed by atoms with Crippen molar-refractivity contribution >= 4 is 5.91 Å². The number of benzene rings is 2. The molecular formula is C21H20FN3O3. The van der Waals surface area contributed by atoms with Crippen LogP contribution in [0.25, 0.3) is 0 Å². The molecule has 1 aromatic heterocycles. The van der Waals surface area contributed by atoms with Crippen molar-refractivity contribution in [1.82, 2.24) is 15.0 Å². The van der Waals surface area contributed by atoms with E-state index < -0.39 is 5.82 Å². The van der Waals surface area contributed by atoms with E-state index in [0.29, 0.717) is 30.3 Å². The van der Waals surface area contributed by atoms with Gasteiger partial charge in [0.25, 0.3) is 5.91 Å². The minimum absolute atomic E-state index is 0.0125. The Bertz CT molecular complexity index is 988. The highest BCUT2D eigenvalue weighted by atomic mass is 19.1. The van der Waals surface area contributed by atoms with Gasteiger partial charge in [-0.1, -0.05) is 24.3 Å². The Morgan fingerprint density at radius 2 is 2.11 bits per heavy atom. The first-order chi connectivity index (χ1) is 13.6. The lowest BCUT2D eigenvalue weighted by atomic mass is 9.96. The van der Waals surface area contributed by atoms with Crippen molar-refractivity contribution in [2.75, 3.05) is 13.1 Å². The SMILES string of the molecule is Cc1ccccc1C(=O)N1CCCC(c2nc(Oc3cccc(F)c3)no2)C1. The van der Waals surface area contributed by atoms with Gasteiger partial charge in [-0.15, -0.1) is 0 Å². The number of nitrogens with zero attached hydrogens (tertiary/aromatic N) is 3. The van der Waals surface area contributed by atoms with E-state index >= 15 is 0 Å². The van der Waals surface area contributed by atoms with E-state index in [2.05, 4.69) is 10.1 Å². The molecule has 1 amide bonds. The van der Waals surface area contributed by atoms with Crippen molar-refractivity contribution in [3.05, 3.63) is 71.4 Å². The van der Waals surface area contributed by atoms with E-state index in [1.54, 1.807) is 12.1 Å². The van der Waals surface area contributed by atoms with Gasteiger partial charge in [0.1, 0.15) is 11.6 Å². The highest BCUT2D eigenvalue weighted by molar-refractivity contribution is 5.95. The van der Waals surface area contributed by atoms with E-state index in [0.717, 1.165) is 18.4 Å². The van der Waals surface area contributed by atoms with Crippen LogP contribution in [0.3, 0.4) is 0 Å². The summed E-state index contributed by atoms with van der Waals surface area (Å²) in [6.07, 6.45) is 1.70. The van der Waals surface area contributed by atoms with Gasteiger partial charge in [-0.05, 0) is 48.7 Å². The van der Waals surface area contributed by atoms with Crippen LogP contribution in [-0.4, -0.2) is 34.0 Å². The second kappa shape index (κ2) is 7.80. The number of hydrogen-bond donors (Lipinski definition) is 0. The lowest BCUT2D eigenvalue weighted by molar-refractivity contribution is 0.0695. The summed E-state index contributed by atoms with van der Waals surface area (Å²) in [5.74, 6) is 0.275. The zero-order valence-corrected chi connectivity index (χ0v) is 15.5. The smallest absolute Gasteiger partial charge is 0.359 e. The van der Waals surface area contributed by atoms with Gasteiger partial charge in [0.15, 0.2) is 0 Å². The van der Waals surface area contributed by atoms with Crippen LogP contribution in [0.5, 0.6) is 11.8 Å². The van der Waals surface area contributed by atoms with E-state index in [-0.39, 0.29) is 17.8 Å². The standard InChI is InChI=1S/C21H20FN3O3/c1-14-6-2-3-10-18(14)20(26)25-11-5-7-15(13-25)19-23-21(24-28-19)27-17-9-4-8-16(22)12-17/h2-4,6,8-10,12,15H,5,7,11,13H2,1H3. The van der Waals surface area contributed by atoms with Crippen molar-refractivity contribution in [2.45, 2.75) is 25.7 Å². The number of carbonyl (C=O) groups is 1. The van der Waals surface area contributed by atoms with E-state index in [9.17, 15) is 9.18 Å². The fourth-order valence-electron chi connectivity index (χ4n) is 3.41. The molecule has 2 heterocycles. The van der Waals surface area contributed by atoms with E-state index in [1.165, 1.54) is 12.1 Å². The van der Waals surface area contributed by atoms with Crippen molar-refractivity contribution in [2.24, 2.45) is 0 Å². The van der Waals surface area contributed by atoms with Crippen LogP contribution in [0.1, 0.15) is 40.6 Å². The lowest BCUT2D eigenvalue weighted by Crippen LogP contribution is -2.39. The summed E-state index contributed by atoms with van der Waals surface area (Å²) in [5.41, 5.74) is 1.67. The maximum atomic E-state index is 13.3. The molecule has 28 heavy (non-hydrogen) atoms. The Hall–Kier alpha value is -3.22. The lowest BCUT2D eigenvalue weighted by Gasteiger charge is -2.31. The monoisotopic (exact) mass is 381 g/mol. The summed E-state index contributed by atoms with van der Waals surface area (Å²) in [6, 6.07) is 13.3. The number of aryl methyl sites for hydroxylation is 1. The molecule has 1 unspecified atom stereocenters. The van der Waals surface area contributed by atoms with Gasteiger partial charge in [-0.25, -0.2) is 4.39 Å². The molecule has 0 spiro atoms. The number of amides is 1. The van der Waals surface area contributed by atoms with Gasteiger partial charge < -0.3 is 14.2 Å². The molecule has 0 N–H and O–H groups in total. The van der Waals surface area contributed by atoms with Gasteiger partial charge in [0.2, 0.25) is 5.89 Å². The molecule has 3 aromatic rings. The summed E-state index contributed by atoms with van der Waals surface area (Å²) in [5, 5.41) is 3.82. The number of halogens is 1. The predicted molar refractivity (Wildman–Crippen MR) is 99.8 cm³/mol. The Kier molecular flexibility index (Phi) is 5.06. The van der Waals surface area contributed by atoms with Crippen LogP contribution in [-0.2, 0) is 0 Å². The van der Waals surface area contributed by atoms with E-state index in [1.807, 2.05) is 36.1 Å². The first-order valence-corrected chi connectivity index (χ1v) is 9.22. The number of likely N-dealkylation sites (tertiary alicyclic amines) is 1. The summed E-state index contributed by atoms with van der Waals surface area (Å²) >= 11 is 0. The third-order valence-corrected chi connectivity index (χ3v) is 4.86. The molecule has 1 aliphatic heterocycles. The molecule has 0 aliphatic carbocycles. The zero-order chi connectivity index (χ0) is 19.5. The second-order valence-corrected chi connectivity index (χ2v) is 6.88. The number of ether oxygens (including phenoxy) is 1. The Morgan fingerprint density at radius 3 is 2.93 bits per heavy atom. The summed E-state index contributed by atoms with van der Waals surface area (Å²) in [7, 11) is 0. The first-order valence-electron chi connectivity index (χ1n) is 9.22. The van der Waals surface area contributed by atoms with Gasteiger partial charge >= 0.3 is 6.01 Å². The molecule has 7 heteroatoms. The number of rotatable bonds is 4. The maximum absolute atomic E-state index is 13.3. The van der Waals surface area contributed by atoms with Gasteiger partial charge in [-0.2, -0.15) is 4.98 Å². The molecule has 1 aliphatic rings. The average molecular weight is 381 g/mol. The van der Waals surface area contributed by atoms with Gasteiger partial charge in [0, 0.05) is 24.7 Å². The van der Waals surface area contributed by atoms with Crippen molar-refractivity contribution in [1.29, 1.82) is 0 Å². The Labute approximate surface area is 161 Å². The summed E-state index contributed by atoms with van der Waals surface area (Å²) < 4.78 is 24.1. The molecule has 0 radical (unpaired) electrons. The number of piperidine rings is 1. The molecule has 1 atom stereocenters. The van der Waals surface area contributed by atoms with E-state index in [4.69, 9.17) is 9.26 Å². The minimum Gasteiger partial charge on any atom is -0.422 e. The van der Waals surface area contributed by atoms with Gasteiger partial charge in [0.05, 0.1) is 5.92 Å². The zero-order valence-electron chi connectivity index (χ0n) is 15.5. The molecule has 1 saturated heterocycles. The summed E-state index contributed by atoms with van der Waals surface area (Å²) in [6.45, 7) is 3.14. The molecule has 4 rings (SSSR count).